The first-order valence-corrected chi connectivity index (χ1v) is 11.6. The first-order chi connectivity index (χ1) is 13.9. The standard InChI is InChI=1S/C21H27FN4O2S/c1-16-13-20(24-19-8-6-18(22)7-9-19)14-21(23-16)17-5-4-12-26(15-17)29(27,28)25-10-2-3-11-25/h6-9,13-14,17H,2-5,10-12,15H2,1H3,(H,23,24)/t17-/m0/s1. The van der Waals surface area contributed by atoms with Gasteiger partial charge in [-0.2, -0.15) is 17.0 Å². The maximum Gasteiger partial charge on any atom is 0.281 e. The third-order valence-electron chi connectivity index (χ3n) is 5.63. The fourth-order valence-corrected chi connectivity index (χ4v) is 5.93. The lowest BCUT2D eigenvalue weighted by Gasteiger charge is -2.34. The molecule has 1 aromatic carbocycles. The smallest absolute Gasteiger partial charge is 0.281 e. The summed E-state index contributed by atoms with van der Waals surface area (Å²) in [6.07, 6.45) is 3.62. The number of nitrogens with one attached hydrogen (secondary N) is 1. The number of rotatable bonds is 5. The topological polar surface area (TPSA) is 65.5 Å². The van der Waals surface area contributed by atoms with Crippen LogP contribution in [0.2, 0.25) is 0 Å². The van der Waals surface area contributed by atoms with Crippen LogP contribution >= 0.6 is 0 Å². The van der Waals surface area contributed by atoms with Crippen LogP contribution in [-0.2, 0) is 10.2 Å². The Morgan fingerprint density at radius 1 is 1.00 bits per heavy atom. The summed E-state index contributed by atoms with van der Waals surface area (Å²) in [5, 5.41) is 3.29. The average molecular weight is 419 g/mol. The number of benzene rings is 1. The molecule has 2 aliphatic heterocycles. The van der Waals surface area contributed by atoms with Crippen LogP contribution in [0.25, 0.3) is 0 Å². The van der Waals surface area contributed by atoms with E-state index < -0.39 is 10.2 Å². The van der Waals surface area contributed by atoms with Crippen LogP contribution in [-0.4, -0.2) is 48.2 Å². The zero-order chi connectivity index (χ0) is 20.4. The van der Waals surface area contributed by atoms with Crippen LogP contribution in [0.5, 0.6) is 0 Å². The molecule has 3 heterocycles. The maximum absolute atomic E-state index is 13.1. The predicted octanol–water partition coefficient (Wildman–Crippen LogP) is 3.79. The van der Waals surface area contributed by atoms with Crippen molar-refractivity contribution in [2.45, 2.75) is 38.5 Å². The van der Waals surface area contributed by atoms with Gasteiger partial charge >= 0.3 is 0 Å². The molecule has 1 N–H and O–H groups in total. The van der Waals surface area contributed by atoms with Gasteiger partial charge in [-0.1, -0.05) is 0 Å². The molecule has 29 heavy (non-hydrogen) atoms. The zero-order valence-corrected chi connectivity index (χ0v) is 17.5. The molecule has 1 atom stereocenters. The Balaban J connectivity index is 1.52. The van der Waals surface area contributed by atoms with Gasteiger partial charge < -0.3 is 5.32 Å². The summed E-state index contributed by atoms with van der Waals surface area (Å²) in [5.41, 5.74) is 3.44. The highest BCUT2D eigenvalue weighted by molar-refractivity contribution is 7.86. The molecule has 6 nitrogen and oxygen atoms in total. The SMILES string of the molecule is Cc1cc(Nc2ccc(F)cc2)cc([C@H]2CCCN(S(=O)(=O)N3CCCC3)C2)n1. The Morgan fingerprint density at radius 2 is 1.69 bits per heavy atom. The molecule has 2 saturated heterocycles. The van der Waals surface area contributed by atoms with Crippen molar-refractivity contribution in [2.75, 3.05) is 31.5 Å². The van der Waals surface area contributed by atoms with Gasteiger partial charge in [0.25, 0.3) is 10.2 Å². The lowest BCUT2D eigenvalue weighted by atomic mass is 9.95. The van der Waals surface area contributed by atoms with Crippen LogP contribution < -0.4 is 5.32 Å². The van der Waals surface area contributed by atoms with Gasteiger partial charge in [0.1, 0.15) is 5.82 Å². The fourth-order valence-electron chi connectivity index (χ4n) is 4.15. The van der Waals surface area contributed by atoms with Gasteiger partial charge in [0.15, 0.2) is 0 Å². The zero-order valence-electron chi connectivity index (χ0n) is 16.6. The molecule has 0 bridgehead atoms. The third-order valence-corrected chi connectivity index (χ3v) is 7.63. The number of aryl methyl sites for hydroxylation is 1. The van der Waals surface area contributed by atoms with Crippen LogP contribution in [0, 0.1) is 12.7 Å². The second-order valence-corrected chi connectivity index (χ2v) is 9.79. The fraction of sp³-hybridized carbons (Fsp3) is 0.476. The number of anilines is 2. The van der Waals surface area contributed by atoms with E-state index in [0.717, 1.165) is 48.4 Å². The number of piperidine rings is 1. The molecule has 0 amide bonds. The molecule has 2 fully saturated rings. The second-order valence-electron chi connectivity index (χ2n) is 7.87. The Labute approximate surface area is 171 Å². The van der Waals surface area contributed by atoms with Gasteiger partial charge in [-0.3, -0.25) is 4.98 Å². The quantitative estimate of drug-likeness (QED) is 0.802. The minimum absolute atomic E-state index is 0.0646. The van der Waals surface area contributed by atoms with Gasteiger partial charge in [-0.05, 0) is 69.0 Å². The molecule has 0 spiro atoms. The highest BCUT2D eigenvalue weighted by Gasteiger charge is 2.35. The lowest BCUT2D eigenvalue weighted by molar-refractivity contribution is 0.290. The summed E-state index contributed by atoms with van der Waals surface area (Å²) in [6, 6.07) is 10.1. The summed E-state index contributed by atoms with van der Waals surface area (Å²) in [7, 11) is -3.39. The lowest BCUT2D eigenvalue weighted by Crippen LogP contribution is -2.46. The number of aromatic nitrogens is 1. The minimum Gasteiger partial charge on any atom is -0.355 e. The molecule has 156 valence electrons. The van der Waals surface area contributed by atoms with E-state index in [4.69, 9.17) is 4.98 Å². The maximum atomic E-state index is 13.1. The van der Waals surface area contributed by atoms with Crippen molar-refractivity contribution in [1.82, 2.24) is 13.6 Å². The van der Waals surface area contributed by atoms with E-state index in [2.05, 4.69) is 5.32 Å². The molecule has 2 aliphatic rings. The molecule has 0 radical (unpaired) electrons. The van der Waals surface area contributed by atoms with Gasteiger partial charge in [0, 0.05) is 54.9 Å². The highest BCUT2D eigenvalue weighted by Crippen LogP contribution is 2.31. The Bertz CT molecular complexity index is 959. The van der Waals surface area contributed by atoms with Gasteiger partial charge in [-0.25, -0.2) is 4.39 Å². The number of nitrogens with zero attached hydrogens (tertiary/aromatic N) is 3. The van der Waals surface area contributed by atoms with E-state index in [1.165, 1.54) is 12.1 Å². The van der Waals surface area contributed by atoms with Crippen molar-refractivity contribution in [2.24, 2.45) is 0 Å². The molecule has 2 aromatic rings. The summed E-state index contributed by atoms with van der Waals surface area (Å²) in [5.74, 6) is -0.210. The van der Waals surface area contributed by atoms with Crippen LogP contribution in [0.4, 0.5) is 15.8 Å². The Hall–Kier alpha value is -2.03. The summed E-state index contributed by atoms with van der Waals surface area (Å²) < 4.78 is 42.3. The Morgan fingerprint density at radius 3 is 2.41 bits per heavy atom. The van der Waals surface area contributed by atoms with Crippen LogP contribution in [0.1, 0.15) is 43.0 Å². The molecular formula is C21H27FN4O2S. The second kappa shape index (κ2) is 8.38. The number of halogens is 1. The minimum atomic E-state index is -3.39. The van der Waals surface area contributed by atoms with Gasteiger partial charge in [0.2, 0.25) is 0 Å². The predicted molar refractivity (Wildman–Crippen MR) is 112 cm³/mol. The molecule has 4 rings (SSSR count). The molecule has 0 saturated carbocycles. The Kier molecular flexibility index (Phi) is 5.85. The third kappa shape index (κ3) is 4.60. The molecule has 0 aliphatic carbocycles. The summed E-state index contributed by atoms with van der Waals surface area (Å²) in [4.78, 5) is 4.69. The van der Waals surface area contributed by atoms with Crippen molar-refractivity contribution < 1.29 is 12.8 Å². The highest BCUT2D eigenvalue weighted by atomic mass is 32.2. The first-order valence-electron chi connectivity index (χ1n) is 10.2. The van der Waals surface area contributed by atoms with Crippen molar-refractivity contribution >= 4 is 21.6 Å². The molecule has 1 aromatic heterocycles. The molecule has 0 unspecified atom stereocenters. The molecule has 8 heteroatoms. The number of hydrogen-bond acceptors (Lipinski definition) is 4. The number of hydrogen-bond donors (Lipinski definition) is 1. The van der Waals surface area contributed by atoms with Crippen LogP contribution in [0.15, 0.2) is 36.4 Å². The van der Waals surface area contributed by atoms with E-state index in [-0.39, 0.29) is 11.7 Å². The van der Waals surface area contributed by atoms with E-state index in [9.17, 15) is 12.8 Å². The van der Waals surface area contributed by atoms with Gasteiger partial charge in [-0.15, -0.1) is 0 Å². The summed E-state index contributed by atoms with van der Waals surface area (Å²) in [6.45, 7) is 4.21. The van der Waals surface area contributed by atoms with E-state index in [0.29, 0.717) is 26.2 Å². The van der Waals surface area contributed by atoms with Crippen molar-refractivity contribution in [3.05, 3.63) is 53.6 Å². The monoisotopic (exact) mass is 418 g/mol. The summed E-state index contributed by atoms with van der Waals surface area (Å²) >= 11 is 0. The van der Waals surface area contributed by atoms with E-state index >= 15 is 0 Å². The van der Waals surface area contributed by atoms with Gasteiger partial charge in [0.05, 0.1) is 0 Å². The van der Waals surface area contributed by atoms with E-state index in [1.54, 1.807) is 20.7 Å². The normalized spacial score (nSPS) is 21.4. The molecular weight excluding hydrogens is 391 g/mol. The van der Waals surface area contributed by atoms with Crippen molar-refractivity contribution in [3.63, 3.8) is 0 Å². The van der Waals surface area contributed by atoms with E-state index in [1.807, 2.05) is 19.1 Å². The van der Waals surface area contributed by atoms with Crippen molar-refractivity contribution in [1.29, 1.82) is 0 Å². The average Bonchev–Trinajstić information content (AvgIpc) is 3.25. The first kappa shape index (κ1) is 20.3. The van der Waals surface area contributed by atoms with Crippen LogP contribution in [0.3, 0.4) is 0 Å². The number of pyridine rings is 1. The largest absolute Gasteiger partial charge is 0.355 e. The van der Waals surface area contributed by atoms with Crippen molar-refractivity contribution in [3.8, 4) is 0 Å².